The molecule has 92 valence electrons. The standard InChI is InChI=1S/C12H17N3O2/c13-7-10-6-9(3-4-14-10)12(17)15-5-1-2-11(16)8-15/h3-4,6,11,16H,1-2,5,7-8,13H2/t11-/m0/s1. The number of nitrogens with two attached hydrogens (primary N) is 1. The van der Waals surface area contributed by atoms with Gasteiger partial charge in [-0.2, -0.15) is 0 Å². The molecule has 0 aliphatic carbocycles. The van der Waals surface area contributed by atoms with E-state index in [-0.39, 0.29) is 5.91 Å². The zero-order chi connectivity index (χ0) is 12.3. The Bertz CT molecular complexity index is 408. The maximum atomic E-state index is 12.2. The van der Waals surface area contributed by atoms with Crippen molar-refractivity contribution < 1.29 is 9.90 Å². The average Bonchev–Trinajstić information content (AvgIpc) is 2.38. The molecule has 0 aromatic carbocycles. The van der Waals surface area contributed by atoms with Crippen molar-refractivity contribution in [2.24, 2.45) is 5.73 Å². The maximum Gasteiger partial charge on any atom is 0.254 e. The van der Waals surface area contributed by atoms with Crippen LogP contribution in [0.3, 0.4) is 0 Å². The lowest BCUT2D eigenvalue weighted by Crippen LogP contribution is -2.42. The molecule has 1 aromatic heterocycles. The van der Waals surface area contributed by atoms with E-state index in [4.69, 9.17) is 5.73 Å². The van der Waals surface area contributed by atoms with E-state index in [1.807, 2.05) is 0 Å². The third kappa shape index (κ3) is 2.81. The summed E-state index contributed by atoms with van der Waals surface area (Å²) in [5.41, 5.74) is 6.79. The highest BCUT2D eigenvalue weighted by molar-refractivity contribution is 5.94. The van der Waals surface area contributed by atoms with E-state index in [0.29, 0.717) is 30.9 Å². The molecule has 1 saturated heterocycles. The van der Waals surface area contributed by atoms with Gasteiger partial charge in [0.1, 0.15) is 0 Å². The second-order valence-corrected chi connectivity index (χ2v) is 4.29. The molecule has 1 aliphatic heterocycles. The van der Waals surface area contributed by atoms with Crippen molar-refractivity contribution in [3.8, 4) is 0 Å². The smallest absolute Gasteiger partial charge is 0.254 e. The molecule has 0 bridgehead atoms. The van der Waals surface area contributed by atoms with Gasteiger partial charge in [-0.25, -0.2) is 0 Å². The number of rotatable bonds is 2. The lowest BCUT2D eigenvalue weighted by molar-refractivity contribution is 0.0473. The number of carbonyl (C=O) groups excluding carboxylic acids is 1. The van der Waals surface area contributed by atoms with Crippen molar-refractivity contribution in [1.82, 2.24) is 9.88 Å². The number of pyridine rings is 1. The molecular weight excluding hydrogens is 218 g/mol. The second kappa shape index (κ2) is 5.25. The minimum atomic E-state index is -0.400. The van der Waals surface area contributed by atoms with Crippen LogP contribution < -0.4 is 5.73 Å². The van der Waals surface area contributed by atoms with Crippen molar-refractivity contribution in [3.05, 3.63) is 29.6 Å². The van der Waals surface area contributed by atoms with Gasteiger partial charge in [-0.15, -0.1) is 0 Å². The molecule has 5 nitrogen and oxygen atoms in total. The topological polar surface area (TPSA) is 79.5 Å². The van der Waals surface area contributed by atoms with E-state index in [1.165, 1.54) is 0 Å². The summed E-state index contributed by atoms with van der Waals surface area (Å²) in [5, 5.41) is 9.55. The van der Waals surface area contributed by atoms with Crippen molar-refractivity contribution in [3.63, 3.8) is 0 Å². The molecule has 1 aromatic rings. The van der Waals surface area contributed by atoms with Crippen LogP contribution in [0.15, 0.2) is 18.3 Å². The predicted octanol–water partition coefficient (Wildman–Crippen LogP) is 0.137. The summed E-state index contributed by atoms with van der Waals surface area (Å²) in [5.74, 6) is -0.0548. The molecular formula is C12H17N3O2. The maximum absolute atomic E-state index is 12.2. The van der Waals surface area contributed by atoms with E-state index >= 15 is 0 Å². The van der Waals surface area contributed by atoms with Crippen LogP contribution >= 0.6 is 0 Å². The Morgan fingerprint density at radius 1 is 1.65 bits per heavy atom. The molecule has 0 spiro atoms. The van der Waals surface area contributed by atoms with Gasteiger partial charge in [-0.1, -0.05) is 0 Å². The van der Waals surface area contributed by atoms with Crippen molar-refractivity contribution in [2.45, 2.75) is 25.5 Å². The lowest BCUT2D eigenvalue weighted by atomic mass is 10.1. The number of carbonyl (C=O) groups is 1. The zero-order valence-electron chi connectivity index (χ0n) is 9.67. The van der Waals surface area contributed by atoms with Gasteiger partial charge in [-0.05, 0) is 25.0 Å². The molecule has 3 N–H and O–H groups in total. The van der Waals surface area contributed by atoms with Gasteiger partial charge in [0.2, 0.25) is 0 Å². The summed E-state index contributed by atoms with van der Waals surface area (Å²) in [7, 11) is 0. The summed E-state index contributed by atoms with van der Waals surface area (Å²) in [4.78, 5) is 17.9. The highest BCUT2D eigenvalue weighted by Gasteiger charge is 2.23. The number of piperidine rings is 1. The Morgan fingerprint density at radius 2 is 2.47 bits per heavy atom. The van der Waals surface area contributed by atoms with Crippen molar-refractivity contribution in [2.75, 3.05) is 13.1 Å². The van der Waals surface area contributed by atoms with Crippen molar-refractivity contribution >= 4 is 5.91 Å². The summed E-state index contributed by atoms with van der Waals surface area (Å²) in [6, 6.07) is 3.39. The minimum absolute atomic E-state index is 0.0548. The molecule has 1 atom stereocenters. The quantitative estimate of drug-likeness (QED) is 0.764. The van der Waals surface area contributed by atoms with Gasteiger partial charge in [0.05, 0.1) is 11.8 Å². The van der Waals surface area contributed by atoms with E-state index in [1.54, 1.807) is 23.2 Å². The molecule has 1 amide bonds. The summed E-state index contributed by atoms with van der Waals surface area (Å²) >= 11 is 0. The van der Waals surface area contributed by atoms with Crippen LogP contribution in [0, 0.1) is 0 Å². The van der Waals surface area contributed by atoms with Crippen LogP contribution in [0.5, 0.6) is 0 Å². The molecule has 0 unspecified atom stereocenters. The molecule has 0 radical (unpaired) electrons. The minimum Gasteiger partial charge on any atom is -0.391 e. The normalized spacial score (nSPS) is 20.4. The fraction of sp³-hybridized carbons (Fsp3) is 0.500. The number of aromatic nitrogens is 1. The van der Waals surface area contributed by atoms with Gasteiger partial charge in [-0.3, -0.25) is 9.78 Å². The first-order valence-electron chi connectivity index (χ1n) is 5.83. The first kappa shape index (κ1) is 12.0. The van der Waals surface area contributed by atoms with Crippen molar-refractivity contribution in [1.29, 1.82) is 0 Å². The van der Waals surface area contributed by atoms with Crippen LogP contribution in [0.1, 0.15) is 28.9 Å². The van der Waals surface area contributed by atoms with E-state index in [2.05, 4.69) is 4.98 Å². The van der Waals surface area contributed by atoms with E-state index in [9.17, 15) is 9.90 Å². The monoisotopic (exact) mass is 235 g/mol. The Hall–Kier alpha value is -1.46. The van der Waals surface area contributed by atoms with Gasteiger partial charge in [0.25, 0.3) is 5.91 Å². The number of hydrogen-bond donors (Lipinski definition) is 2. The van der Waals surface area contributed by atoms with Crippen LogP contribution in [0.2, 0.25) is 0 Å². The van der Waals surface area contributed by atoms with Crippen LogP contribution in [-0.4, -0.2) is 40.1 Å². The molecule has 1 aliphatic rings. The third-order valence-electron chi connectivity index (χ3n) is 2.96. The molecule has 17 heavy (non-hydrogen) atoms. The van der Waals surface area contributed by atoms with E-state index < -0.39 is 6.10 Å². The van der Waals surface area contributed by atoms with Gasteiger partial charge >= 0.3 is 0 Å². The lowest BCUT2D eigenvalue weighted by Gasteiger charge is -2.30. The first-order chi connectivity index (χ1) is 8.20. The summed E-state index contributed by atoms with van der Waals surface area (Å²) in [6.07, 6.45) is 2.81. The van der Waals surface area contributed by atoms with Gasteiger partial charge < -0.3 is 15.7 Å². The summed E-state index contributed by atoms with van der Waals surface area (Å²) in [6.45, 7) is 1.44. The number of hydrogen-bond acceptors (Lipinski definition) is 4. The Balaban J connectivity index is 2.12. The SMILES string of the molecule is NCc1cc(C(=O)N2CCC[C@H](O)C2)ccn1. The van der Waals surface area contributed by atoms with Gasteiger partial charge in [0.15, 0.2) is 0 Å². The molecule has 2 heterocycles. The van der Waals surface area contributed by atoms with Crippen LogP contribution in [-0.2, 0) is 6.54 Å². The number of nitrogens with zero attached hydrogens (tertiary/aromatic N) is 2. The molecule has 2 rings (SSSR count). The largest absolute Gasteiger partial charge is 0.391 e. The number of aliphatic hydroxyl groups is 1. The fourth-order valence-corrected chi connectivity index (χ4v) is 2.04. The van der Waals surface area contributed by atoms with Crippen LogP contribution in [0.25, 0.3) is 0 Å². The second-order valence-electron chi connectivity index (χ2n) is 4.29. The Morgan fingerprint density at radius 3 is 3.18 bits per heavy atom. The number of β-amino-alcohol motifs (C(OH)–C–C–N with tert-alkyl or cyclic N) is 1. The van der Waals surface area contributed by atoms with Gasteiger partial charge in [0, 0.05) is 31.4 Å². The van der Waals surface area contributed by atoms with E-state index in [0.717, 1.165) is 12.8 Å². The summed E-state index contributed by atoms with van der Waals surface area (Å²) < 4.78 is 0. The first-order valence-corrected chi connectivity index (χ1v) is 5.83. The Kier molecular flexibility index (Phi) is 3.71. The Labute approximate surface area is 100 Å². The van der Waals surface area contributed by atoms with Crippen LogP contribution in [0.4, 0.5) is 0 Å². The number of aliphatic hydroxyl groups excluding tert-OH is 1. The zero-order valence-corrected chi connectivity index (χ0v) is 9.67. The molecule has 0 saturated carbocycles. The highest BCUT2D eigenvalue weighted by Crippen LogP contribution is 2.13. The average molecular weight is 235 g/mol. The number of likely N-dealkylation sites (tertiary alicyclic amines) is 1. The molecule has 5 heteroatoms. The number of amides is 1. The predicted molar refractivity (Wildman–Crippen MR) is 63.3 cm³/mol. The highest BCUT2D eigenvalue weighted by atomic mass is 16.3. The fourth-order valence-electron chi connectivity index (χ4n) is 2.04. The molecule has 1 fully saturated rings. The third-order valence-corrected chi connectivity index (χ3v) is 2.96.